The van der Waals surface area contributed by atoms with Crippen LogP contribution in [0.2, 0.25) is 0 Å². The number of alkyl halides is 1. The molecule has 7 atom stereocenters. The number of rotatable bonds is 8. The van der Waals surface area contributed by atoms with Gasteiger partial charge in [0, 0.05) is 31.6 Å². The van der Waals surface area contributed by atoms with Crippen LogP contribution < -0.4 is 5.73 Å². The summed E-state index contributed by atoms with van der Waals surface area (Å²) >= 11 is 0. The Bertz CT molecular complexity index is 1000. The molecule has 1 saturated heterocycles. The third kappa shape index (κ3) is 6.02. The minimum absolute atomic E-state index is 0.118. The SMILES string of the molecule is C/C=C(\C=C(\CCC1=C(C)CC[C@H](F)C1O)[C@@H](C)N)C1=CC2C(CN3CCC(O)C3)=CC(C)[C@@H]2C=C1. The zero-order valence-corrected chi connectivity index (χ0v) is 22.5. The quantitative estimate of drug-likeness (QED) is 0.320. The molecule has 0 aromatic heterocycles. The summed E-state index contributed by atoms with van der Waals surface area (Å²) in [5.74, 6) is 1.38. The van der Waals surface area contributed by atoms with Gasteiger partial charge in [-0.3, -0.25) is 4.90 Å². The summed E-state index contributed by atoms with van der Waals surface area (Å²) < 4.78 is 14.1. The maximum absolute atomic E-state index is 14.1. The molecule has 1 heterocycles. The van der Waals surface area contributed by atoms with Gasteiger partial charge in [0.15, 0.2) is 0 Å². The molecule has 1 fully saturated rings. The molecule has 0 bridgehead atoms. The highest BCUT2D eigenvalue weighted by molar-refractivity contribution is 5.52. The first-order valence-electron chi connectivity index (χ1n) is 13.8. The number of hydrogen-bond acceptors (Lipinski definition) is 4. The van der Waals surface area contributed by atoms with Crippen molar-refractivity contribution in [2.75, 3.05) is 19.6 Å². The molecule has 4 aliphatic rings. The van der Waals surface area contributed by atoms with Crippen molar-refractivity contribution in [3.63, 3.8) is 0 Å². The van der Waals surface area contributed by atoms with Crippen LogP contribution in [0.5, 0.6) is 0 Å². The van der Waals surface area contributed by atoms with E-state index >= 15 is 0 Å². The summed E-state index contributed by atoms with van der Waals surface area (Å²) in [6.45, 7) is 11.0. The number of nitrogens with zero attached hydrogens (tertiary/aromatic N) is 1. The molecule has 198 valence electrons. The van der Waals surface area contributed by atoms with Gasteiger partial charge in [0.25, 0.3) is 0 Å². The predicted octanol–water partition coefficient (Wildman–Crippen LogP) is 5.17. The molecule has 0 spiro atoms. The van der Waals surface area contributed by atoms with Crippen molar-refractivity contribution in [2.24, 2.45) is 23.5 Å². The molecule has 4 nitrogen and oxygen atoms in total. The Balaban J connectivity index is 1.51. The van der Waals surface area contributed by atoms with Gasteiger partial charge >= 0.3 is 0 Å². The molecule has 4 unspecified atom stereocenters. The van der Waals surface area contributed by atoms with E-state index in [9.17, 15) is 14.6 Å². The highest BCUT2D eigenvalue weighted by Crippen LogP contribution is 2.43. The first-order valence-corrected chi connectivity index (χ1v) is 13.8. The van der Waals surface area contributed by atoms with Crippen LogP contribution >= 0.6 is 0 Å². The Morgan fingerprint density at radius 2 is 2.06 bits per heavy atom. The van der Waals surface area contributed by atoms with Crippen LogP contribution in [0.4, 0.5) is 4.39 Å². The fourth-order valence-electron chi connectivity index (χ4n) is 6.42. The van der Waals surface area contributed by atoms with Crippen LogP contribution in [-0.4, -0.2) is 59.2 Å². The van der Waals surface area contributed by atoms with Gasteiger partial charge in [0.1, 0.15) is 12.3 Å². The van der Waals surface area contributed by atoms with E-state index in [1.807, 2.05) is 13.8 Å². The van der Waals surface area contributed by atoms with Crippen LogP contribution in [-0.2, 0) is 0 Å². The molecule has 1 aliphatic heterocycles. The zero-order chi connectivity index (χ0) is 26.0. The molecule has 0 saturated carbocycles. The number of likely N-dealkylation sites (tertiary alicyclic amines) is 1. The summed E-state index contributed by atoms with van der Waals surface area (Å²) in [6.07, 6.45) is 14.8. The van der Waals surface area contributed by atoms with Crippen molar-refractivity contribution in [1.82, 2.24) is 4.90 Å². The van der Waals surface area contributed by atoms with E-state index in [0.29, 0.717) is 37.0 Å². The predicted molar refractivity (Wildman–Crippen MR) is 146 cm³/mol. The van der Waals surface area contributed by atoms with E-state index in [1.165, 1.54) is 11.1 Å². The van der Waals surface area contributed by atoms with Crippen molar-refractivity contribution in [1.29, 1.82) is 0 Å². The third-order valence-corrected chi connectivity index (χ3v) is 8.73. The molecular formula is C31H45FN2O2. The van der Waals surface area contributed by atoms with Crippen molar-refractivity contribution in [2.45, 2.75) is 84.2 Å². The van der Waals surface area contributed by atoms with Crippen LogP contribution in [0, 0.1) is 17.8 Å². The van der Waals surface area contributed by atoms with Crippen LogP contribution in [0.1, 0.15) is 59.8 Å². The summed E-state index contributed by atoms with van der Waals surface area (Å²) in [5, 5.41) is 20.4. The fraction of sp³-hybridized carbons (Fsp3) is 0.613. The average Bonchev–Trinajstić information content (AvgIpc) is 3.40. The number of hydrogen-bond donors (Lipinski definition) is 3. The van der Waals surface area contributed by atoms with Gasteiger partial charge in [-0.2, -0.15) is 0 Å². The minimum atomic E-state index is -1.16. The number of nitrogens with two attached hydrogens (primary N) is 1. The van der Waals surface area contributed by atoms with E-state index in [1.54, 1.807) is 0 Å². The summed E-state index contributed by atoms with van der Waals surface area (Å²) in [7, 11) is 0. The van der Waals surface area contributed by atoms with Gasteiger partial charge in [0.2, 0.25) is 0 Å². The summed E-state index contributed by atoms with van der Waals surface area (Å²) in [5.41, 5.74) is 13.3. The van der Waals surface area contributed by atoms with Crippen LogP contribution in [0.3, 0.4) is 0 Å². The Kier molecular flexibility index (Phi) is 8.87. The van der Waals surface area contributed by atoms with Gasteiger partial charge in [-0.25, -0.2) is 4.39 Å². The molecule has 4 rings (SSSR count). The Morgan fingerprint density at radius 3 is 2.72 bits per heavy atom. The maximum atomic E-state index is 14.1. The third-order valence-electron chi connectivity index (χ3n) is 8.73. The van der Waals surface area contributed by atoms with Crippen molar-refractivity contribution in [3.05, 3.63) is 69.9 Å². The maximum Gasteiger partial charge on any atom is 0.130 e. The average molecular weight is 497 g/mol. The second-order valence-electron chi connectivity index (χ2n) is 11.4. The molecule has 0 aromatic rings. The molecule has 3 aliphatic carbocycles. The first kappa shape index (κ1) is 27.3. The first-order chi connectivity index (χ1) is 17.2. The Morgan fingerprint density at radius 1 is 1.28 bits per heavy atom. The van der Waals surface area contributed by atoms with Crippen molar-refractivity contribution < 1.29 is 14.6 Å². The van der Waals surface area contributed by atoms with E-state index in [-0.39, 0.29) is 12.1 Å². The molecule has 0 radical (unpaired) electrons. The number of allylic oxidation sites excluding steroid dienone is 9. The molecule has 4 N–H and O–H groups in total. The lowest BCUT2D eigenvalue weighted by atomic mass is 9.79. The largest absolute Gasteiger partial charge is 0.392 e. The smallest absolute Gasteiger partial charge is 0.130 e. The fourth-order valence-corrected chi connectivity index (χ4v) is 6.42. The van der Waals surface area contributed by atoms with Gasteiger partial charge < -0.3 is 15.9 Å². The van der Waals surface area contributed by atoms with E-state index in [2.05, 4.69) is 55.2 Å². The lowest BCUT2D eigenvalue weighted by Gasteiger charge is -2.28. The molecule has 5 heteroatoms. The Hall–Kier alpha value is -1.79. The zero-order valence-electron chi connectivity index (χ0n) is 22.5. The van der Waals surface area contributed by atoms with Crippen LogP contribution in [0.15, 0.2) is 69.9 Å². The second kappa shape index (κ2) is 11.7. The van der Waals surface area contributed by atoms with Crippen molar-refractivity contribution >= 4 is 0 Å². The van der Waals surface area contributed by atoms with Gasteiger partial charge in [0.05, 0.1) is 6.10 Å². The summed E-state index contributed by atoms with van der Waals surface area (Å²) in [4.78, 5) is 2.38. The Labute approximate surface area is 216 Å². The van der Waals surface area contributed by atoms with Gasteiger partial charge in [-0.05, 0) is 81.4 Å². The highest BCUT2D eigenvalue weighted by Gasteiger charge is 2.35. The van der Waals surface area contributed by atoms with Crippen LogP contribution in [0.25, 0.3) is 0 Å². The number of fused-ring (bicyclic) bond motifs is 1. The van der Waals surface area contributed by atoms with E-state index in [0.717, 1.165) is 54.8 Å². The van der Waals surface area contributed by atoms with E-state index in [4.69, 9.17) is 5.73 Å². The summed E-state index contributed by atoms with van der Waals surface area (Å²) in [6, 6.07) is -0.118. The lowest BCUT2D eigenvalue weighted by Crippen LogP contribution is -2.29. The molecule has 0 aromatic carbocycles. The normalized spacial score (nSPS) is 34.7. The standard InChI is InChI=1S/C31H45FN2O2/c1-5-22(15-23(21(4)33)7-10-28-19(2)6-11-30(32)31(28)36)24-8-9-27-20(3)14-25(29(27)16-24)17-34-13-12-26(35)18-34/h5,8-9,14-16,20-21,26-27,29-31,35-36H,6-7,10-13,17-18,33H2,1-4H3/b22-5+,23-15-/t20?,21-,26?,27+,29?,30+,31?/m1/s1. The van der Waals surface area contributed by atoms with Gasteiger partial charge in [-0.15, -0.1) is 0 Å². The molecular weight excluding hydrogens is 451 g/mol. The lowest BCUT2D eigenvalue weighted by molar-refractivity contribution is 0.0893. The van der Waals surface area contributed by atoms with Crippen molar-refractivity contribution in [3.8, 4) is 0 Å². The number of halogens is 1. The molecule has 36 heavy (non-hydrogen) atoms. The number of β-amino-alcohol motifs (C(OH)–C–C–N with tert-alkyl or cyclic N) is 1. The number of aliphatic hydroxyl groups is 2. The number of aliphatic hydroxyl groups excluding tert-OH is 2. The topological polar surface area (TPSA) is 69.7 Å². The van der Waals surface area contributed by atoms with E-state index < -0.39 is 12.3 Å². The highest BCUT2D eigenvalue weighted by atomic mass is 19.1. The monoisotopic (exact) mass is 496 g/mol. The minimum Gasteiger partial charge on any atom is -0.392 e. The van der Waals surface area contributed by atoms with Gasteiger partial charge in [-0.1, -0.05) is 60.1 Å². The second-order valence-corrected chi connectivity index (χ2v) is 11.4. The molecule has 0 amide bonds.